The molecule has 150 valence electrons. The normalized spacial score (nSPS) is 11.1. The van der Waals surface area contributed by atoms with E-state index in [-0.39, 0.29) is 42.2 Å². The van der Waals surface area contributed by atoms with Gasteiger partial charge in [-0.1, -0.05) is 0 Å². The Balaban J connectivity index is 0.00000280. The summed E-state index contributed by atoms with van der Waals surface area (Å²) in [7, 11) is 1.64. The maximum atomic E-state index is 13.4. The Labute approximate surface area is 179 Å². The van der Waals surface area contributed by atoms with Crippen LogP contribution in [0, 0.1) is 5.82 Å². The fourth-order valence-corrected chi connectivity index (χ4v) is 2.72. The zero-order valence-electron chi connectivity index (χ0n) is 15.4. The van der Waals surface area contributed by atoms with Gasteiger partial charge in [-0.3, -0.25) is 9.79 Å². The van der Waals surface area contributed by atoms with Gasteiger partial charge >= 0.3 is 0 Å². The summed E-state index contributed by atoms with van der Waals surface area (Å²) < 4.78 is 18.6. The third-order valence-corrected chi connectivity index (χ3v) is 4.10. The summed E-state index contributed by atoms with van der Waals surface area (Å²) in [6.45, 7) is 1.03. The molecule has 0 aliphatic rings. The van der Waals surface area contributed by atoms with Gasteiger partial charge < -0.3 is 25.4 Å². The molecule has 0 saturated carbocycles. The SMILES string of the molecule is CN=C(NCCc1c[nH]c2ccc(F)cc12)NCC(=O)NCc1ccco1.I. The number of carbonyl (C=O) groups excluding carboxylic acids is 1. The predicted molar refractivity (Wildman–Crippen MR) is 117 cm³/mol. The average molecular weight is 499 g/mol. The summed E-state index contributed by atoms with van der Waals surface area (Å²) >= 11 is 0. The molecule has 4 N–H and O–H groups in total. The maximum Gasteiger partial charge on any atom is 0.239 e. The number of halogens is 2. The molecule has 0 radical (unpaired) electrons. The Morgan fingerprint density at radius 3 is 2.86 bits per heavy atom. The van der Waals surface area contributed by atoms with Crippen molar-refractivity contribution in [2.24, 2.45) is 4.99 Å². The molecule has 3 rings (SSSR count). The van der Waals surface area contributed by atoms with Crippen LogP contribution in [0.4, 0.5) is 4.39 Å². The van der Waals surface area contributed by atoms with Crippen molar-refractivity contribution in [1.82, 2.24) is 20.9 Å². The fraction of sp³-hybridized carbons (Fsp3) is 0.263. The summed E-state index contributed by atoms with van der Waals surface area (Å²) in [5.74, 6) is 0.797. The summed E-state index contributed by atoms with van der Waals surface area (Å²) in [5.41, 5.74) is 1.92. The minimum atomic E-state index is -0.255. The van der Waals surface area contributed by atoms with E-state index in [0.717, 1.165) is 16.5 Å². The van der Waals surface area contributed by atoms with Crippen LogP contribution in [-0.2, 0) is 17.8 Å². The van der Waals surface area contributed by atoms with Crippen molar-refractivity contribution in [1.29, 1.82) is 0 Å². The average Bonchev–Trinajstić information content (AvgIpc) is 3.32. The summed E-state index contributed by atoms with van der Waals surface area (Å²) in [5, 5.41) is 9.72. The van der Waals surface area contributed by atoms with Crippen LogP contribution in [0.1, 0.15) is 11.3 Å². The quantitative estimate of drug-likeness (QED) is 0.229. The van der Waals surface area contributed by atoms with Crippen LogP contribution in [0.25, 0.3) is 10.9 Å². The highest BCUT2D eigenvalue weighted by Gasteiger charge is 2.07. The molecule has 9 heteroatoms. The Morgan fingerprint density at radius 2 is 2.11 bits per heavy atom. The second kappa shape index (κ2) is 10.7. The lowest BCUT2D eigenvalue weighted by Gasteiger charge is -2.11. The van der Waals surface area contributed by atoms with Gasteiger partial charge in [0.05, 0.1) is 19.4 Å². The van der Waals surface area contributed by atoms with Crippen LogP contribution in [0.2, 0.25) is 0 Å². The molecule has 1 amide bonds. The van der Waals surface area contributed by atoms with Crippen LogP contribution in [0.15, 0.2) is 52.2 Å². The molecule has 0 saturated heterocycles. The van der Waals surface area contributed by atoms with E-state index in [2.05, 4.69) is 25.9 Å². The lowest BCUT2D eigenvalue weighted by atomic mass is 10.1. The first-order valence-corrected chi connectivity index (χ1v) is 8.65. The Hall–Kier alpha value is -2.56. The van der Waals surface area contributed by atoms with Gasteiger partial charge in [-0.05, 0) is 42.3 Å². The smallest absolute Gasteiger partial charge is 0.239 e. The number of furan rings is 1. The van der Waals surface area contributed by atoms with Gasteiger partial charge in [-0.25, -0.2) is 4.39 Å². The number of nitrogens with zero attached hydrogens (tertiary/aromatic N) is 1. The third kappa shape index (κ3) is 5.98. The Morgan fingerprint density at radius 1 is 1.25 bits per heavy atom. The molecule has 1 aromatic carbocycles. The van der Waals surface area contributed by atoms with Crippen molar-refractivity contribution in [3.63, 3.8) is 0 Å². The third-order valence-electron chi connectivity index (χ3n) is 4.10. The van der Waals surface area contributed by atoms with Gasteiger partial charge in [0.15, 0.2) is 5.96 Å². The number of guanidine groups is 1. The number of aromatic amines is 1. The molecule has 0 unspecified atom stereocenters. The van der Waals surface area contributed by atoms with Crippen LogP contribution in [0.5, 0.6) is 0 Å². The van der Waals surface area contributed by atoms with E-state index in [9.17, 15) is 9.18 Å². The number of hydrogen-bond acceptors (Lipinski definition) is 3. The lowest BCUT2D eigenvalue weighted by Crippen LogP contribution is -2.43. The molecular formula is C19H23FIN5O2. The van der Waals surface area contributed by atoms with Gasteiger partial charge in [0.1, 0.15) is 11.6 Å². The molecule has 0 aliphatic carbocycles. The summed E-state index contributed by atoms with van der Waals surface area (Å²) in [6, 6.07) is 8.25. The molecule has 7 nitrogen and oxygen atoms in total. The van der Waals surface area contributed by atoms with E-state index in [1.807, 2.05) is 6.20 Å². The van der Waals surface area contributed by atoms with Gasteiger partial charge in [0, 0.05) is 30.7 Å². The highest BCUT2D eigenvalue weighted by atomic mass is 127. The lowest BCUT2D eigenvalue weighted by molar-refractivity contribution is -0.120. The minimum absolute atomic E-state index is 0. The topological polar surface area (TPSA) is 94.5 Å². The van der Waals surface area contributed by atoms with Crippen molar-refractivity contribution in [2.75, 3.05) is 20.1 Å². The number of carbonyl (C=O) groups is 1. The number of nitrogens with one attached hydrogen (secondary N) is 4. The van der Waals surface area contributed by atoms with E-state index in [4.69, 9.17) is 4.42 Å². The van der Waals surface area contributed by atoms with E-state index in [0.29, 0.717) is 31.2 Å². The van der Waals surface area contributed by atoms with Gasteiger partial charge in [-0.15, -0.1) is 24.0 Å². The first-order chi connectivity index (χ1) is 13.2. The predicted octanol–water partition coefficient (Wildman–Crippen LogP) is 2.54. The monoisotopic (exact) mass is 499 g/mol. The Bertz CT molecular complexity index is 924. The number of aliphatic imine (C=N–C) groups is 1. The first kappa shape index (κ1) is 21.7. The van der Waals surface area contributed by atoms with E-state index in [1.54, 1.807) is 31.5 Å². The van der Waals surface area contributed by atoms with Crippen LogP contribution < -0.4 is 16.0 Å². The molecule has 0 atom stereocenters. The molecule has 0 bridgehead atoms. The number of H-pyrrole nitrogens is 1. The molecule has 2 heterocycles. The maximum absolute atomic E-state index is 13.4. The second-order valence-electron chi connectivity index (χ2n) is 5.96. The van der Waals surface area contributed by atoms with Crippen molar-refractivity contribution >= 4 is 46.7 Å². The first-order valence-electron chi connectivity index (χ1n) is 8.65. The molecular weight excluding hydrogens is 476 g/mol. The van der Waals surface area contributed by atoms with Crippen LogP contribution >= 0.6 is 24.0 Å². The number of aromatic nitrogens is 1. The van der Waals surface area contributed by atoms with Crippen molar-refractivity contribution in [3.05, 3.63) is 59.9 Å². The number of rotatable bonds is 7. The fourth-order valence-electron chi connectivity index (χ4n) is 2.72. The number of benzene rings is 1. The van der Waals surface area contributed by atoms with Crippen molar-refractivity contribution < 1.29 is 13.6 Å². The molecule has 0 spiro atoms. The van der Waals surface area contributed by atoms with E-state index < -0.39 is 0 Å². The zero-order valence-corrected chi connectivity index (χ0v) is 17.8. The molecule has 0 fully saturated rings. The van der Waals surface area contributed by atoms with Crippen LogP contribution in [0.3, 0.4) is 0 Å². The number of hydrogen-bond donors (Lipinski definition) is 4. The highest BCUT2D eigenvalue weighted by Crippen LogP contribution is 2.19. The molecule has 0 aliphatic heterocycles. The highest BCUT2D eigenvalue weighted by molar-refractivity contribution is 14.0. The van der Waals surface area contributed by atoms with Gasteiger partial charge in [0.25, 0.3) is 0 Å². The molecule has 28 heavy (non-hydrogen) atoms. The standard InChI is InChI=1S/C19H22FN5O2.HI/c1-21-19(25-12-18(26)24-11-15-3-2-8-27-15)22-7-6-13-10-23-17-5-4-14(20)9-16(13)17;/h2-5,8-10,23H,6-7,11-12H2,1H3,(H,24,26)(H2,21,22,25);1H. The number of amides is 1. The summed E-state index contributed by atoms with van der Waals surface area (Å²) in [4.78, 5) is 19.1. The molecule has 2 aromatic heterocycles. The largest absolute Gasteiger partial charge is 0.467 e. The van der Waals surface area contributed by atoms with Crippen molar-refractivity contribution in [3.8, 4) is 0 Å². The summed E-state index contributed by atoms with van der Waals surface area (Å²) in [6.07, 6.45) is 4.13. The zero-order chi connectivity index (χ0) is 19.1. The van der Waals surface area contributed by atoms with E-state index >= 15 is 0 Å². The van der Waals surface area contributed by atoms with Gasteiger partial charge in [-0.2, -0.15) is 0 Å². The number of fused-ring (bicyclic) bond motifs is 1. The minimum Gasteiger partial charge on any atom is -0.467 e. The Kier molecular flexibility index (Phi) is 8.30. The van der Waals surface area contributed by atoms with Crippen molar-refractivity contribution in [2.45, 2.75) is 13.0 Å². The van der Waals surface area contributed by atoms with E-state index in [1.165, 1.54) is 12.1 Å². The second-order valence-corrected chi connectivity index (χ2v) is 5.96. The van der Waals surface area contributed by atoms with Crippen LogP contribution in [-0.4, -0.2) is 37.0 Å². The van der Waals surface area contributed by atoms with Gasteiger partial charge in [0.2, 0.25) is 5.91 Å². The molecule has 3 aromatic rings.